The lowest BCUT2D eigenvalue weighted by molar-refractivity contribution is -0.135. The lowest BCUT2D eigenvalue weighted by Crippen LogP contribution is -2.41. The minimum atomic E-state index is -0.897. The summed E-state index contributed by atoms with van der Waals surface area (Å²) < 4.78 is 5.23. The molecule has 2 atom stereocenters. The molecular formula is C25H28N2O3. The average Bonchev–Trinajstić information content (AvgIpc) is 2.79. The maximum atomic E-state index is 13.2. The molecule has 1 amide bonds. The third-order valence-corrected chi connectivity index (χ3v) is 5.80. The Kier molecular flexibility index (Phi) is 7.24. The number of carbonyl (C=O) groups is 2. The van der Waals surface area contributed by atoms with Gasteiger partial charge in [-0.1, -0.05) is 42.0 Å². The fourth-order valence-electron chi connectivity index (χ4n) is 3.96. The minimum Gasteiger partial charge on any atom is -0.497 e. The van der Waals surface area contributed by atoms with Crippen LogP contribution < -0.4 is 4.74 Å². The third-order valence-electron chi connectivity index (χ3n) is 5.80. The van der Waals surface area contributed by atoms with Crippen molar-refractivity contribution in [2.75, 3.05) is 20.2 Å². The first-order valence-electron chi connectivity index (χ1n) is 10.5. The number of piperidine rings is 1. The summed E-state index contributed by atoms with van der Waals surface area (Å²) in [6, 6.07) is 16.9. The molecule has 3 rings (SSSR count). The summed E-state index contributed by atoms with van der Waals surface area (Å²) >= 11 is 0. The molecule has 30 heavy (non-hydrogen) atoms. The standard InChI is InChI=1S/C25H28N2O3/c1-18-6-8-20(9-7-18)24(28)16-22(19-10-12-21(30-2)13-11-19)23(17-26)25(29)27-14-4-3-5-15-27/h6-13,22-23H,3-5,14-16H2,1-2H3/t22-,23+/m1/s1. The normalized spacial score (nSPS) is 15.7. The van der Waals surface area contributed by atoms with E-state index in [4.69, 9.17) is 4.74 Å². The number of methoxy groups -OCH3 is 1. The number of hydrogen-bond donors (Lipinski definition) is 0. The summed E-state index contributed by atoms with van der Waals surface area (Å²) in [6.07, 6.45) is 3.13. The first-order chi connectivity index (χ1) is 14.5. The average molecular weight is 405 g/mol. The van der Waals surface area contributed by atoms with Crippen molar-refractivity contribution >= 4 is 11.7 Å². The molecule has 2 aromatic rings. The van der Waals surface area contributed by atoms with Crippen molar-refractivity contribution in [1.82, 2.24) is 4.90 Å². The lowest BCUT2D eigenvalue weighted by Gasteiger charge is -2.31. The van der Waals surface area contributed by atoms with Gasteiger partial charge in [-0.2, -0.15) is 5.26 Å². The maximum absolute atomic E-state index is 13.2. The van der Waals surface area contributed by atoms with E-state index in [0.717, 1.165) is 30.4 Å². The third kappa shape index (κ3) is 5.07. The predicted octanol–water partition coefficient (Wildman–Crippen LogP) is 4.51. The van der Waals surface area contributed by atoms with Crippen molar-refractivity contribution in [3.05, 3.63) is 65.2 Å². The SMILES string of the molecule is COc1ccc([C@@H](CC(=O)c2ccc(C)cc2)[C@H](C#N)C(=O)N2CCCCC2)cc1. The van der Waals surface area contributed by atoms with E-state index < -0.39 is 11.8 Å². The second-order valence-corrected chi connectivity index (χ2v) is 7.87. The number of nitrogens with zero attached hydrogens (tertiary/aromatic N) is 2. The number of benzene rings is 2. The van der Waals surface area contributed by atoms with Gasteiger partial charge < -0.3 is 9.64 Å². The fraction of sp³-hybridized carbons (Fsp3) is 0.400. The van der Waals surface area contributed by atoms with Crippen molar-refractivity contribution in [2.45, 2.75) is 38.5 Å². The molecule has 5 nitrogen and oxygen atoms in total. The van der Waals surface area contributed by atoms with Gasteiger partial charge in [-0.25, -0.2) is 0 Å². The zero-order chi connectivity index (χ0) is 21.5. The van der Waals surface area contributed by atoms with Gasteiger partial charge in [0.2, 0.25) is 5.91 Å². The van der Waals surface area contributed by atoms with Gasteiger partial charge in [0.1, 0.15) is 11.7 Å². The largest absolute Gasteiger partial charge is 0.497 e. The van der Waals surface area contributed by atoms with Gasteiger partial charge in [0.05, 0.1) is 13.2 Å². The van der Waals surface area contributed by atoms with Crippen LogP contribution in [0.25, 0.3) is 0 Å². The first kappa shape index (κ1) is 21.6. The molecule has 0 unspecified atom stereocenters. The number of hydrogen-bond acceptors (Lipinski definition) is 4. The van der Waals surface area contributed by atoms with Gasteiger partial charge >= 0.3 is 0 Å². The van der Waals surface area contributed by atoms with E-state index in [1.54, 1.807) is 36.3 Å². The van der Waals surface area contributed by atoms with Gasteiger partial charge in [-0.3, -0.25) is 9.59 Å². The van der Waals surface area contributed by atoms with Crippen LogP contribution in [-0.4, -0.2) is 36.8 Å². The zero-order valence-corrected chi connectivity index (χ0v) is 17.6. The van der Waals surface area contributed by atoms with Crippen LogP contribution in [0.2, 0.25) is 0 Å². The number of nitriles is 1. The highest BCUT2D eigenvalue weighted by molar-refractivity contribution is 5.97. The van der Waals surface area contributed by atoms with Crippen LogP contribution in [0.5, 0.6) is 5.75 Å². The summed E-state index contributed by atoms with van der Waals surface area (Å²) in [6.45, 7) is 3.33. The molecule has 0 radical (unpaired) electrons. The zero-order valence-electron chi connectivity index (χ0n) is 17.6. The van der Waals surface area contributed by atoms with Gasteiger partial charge in [0.15, 0.2) is 5.78 Å². The van der Waals surface area contributed by atoms with Crippen molar-refractivity contribution in [3.63, 3.8) is 0 Å². The highest BCUT2D eigenvalue weighted by Gasteiger charge is 2.35. The molecule has 1 aliphatic rings. The van der Waals surface area contributed by atoms with Gasteiger partial charge in [-0.15, -0.1) is 0 Å². The molecule has 1 saturated heterocycles. The van der Waals surface area contributed by atoms with Crippen molar-refractivity contribution in [3.8, 4) is 11.8 Å². The number of ether oxygens (including phenoxy) is 1. The molecule has 1 aliphatic heterocycles. The molecule has 1 heterocycles. The first-order valence-corrected chi connectivity index (χ1v) is 10.5. The van der Waals surface area contributed by atoms with Crippen LogP contribution in [0.3, 0.4) is 0 Å². The van der Waals surface area contributed by atoms with E-state index in [2.05, 4.69) is 6.07 Å². The van der Waals surface area contributed by atoms with E-state index in [1.165, 1.54) is 0 Å². The van der Waals surface area contributed by atoms with Crippen molar-refractivity contribution in [1.29, 1.82) is 5.26 Å². The summed E-state index contributed by atoms with van der Waals surface area (Å²) in [4.78, 5) is 28.0. The molecule has 0 N–H and O–H groups in total. The quantitative estimate of drug-likeness (QED) is 0.637. The molecule has 0 bridgehead atoms. The van der Waals surface area contributed by atoms with Crippen LogP contribution in [0.15, 0.2) is 48.5 Å². The smallest absolute Gasteiger partial charge is 0.240 e. The molecule has 0 saturated carbocycles. The van der Waals surface area contributed by atoms with Crippen LogP contribution >= 0.6 is 0 Å². The monoisotopic (exact) mass is 404 g/mol. The van der Waals surface area contributed by atoms with Crippen molar-refractivity contribution in [2.24, 2.45) is 5.92 Å². The molecule has 0 aromatic heterocycles. The molecule has 2 aromatic carbocycles. The van der Waals surface area contributed by atoms with E-state index in [1.807, 2.05) is 31.2 Å². The number of carbonyl (C=O) groups excluding carboxylic acids is 2. The summed E-state index contributed by atoms with van der Waals surface area (Å²) in [5.41, 5.74) is 2.47. The maximum Gasteiger partial charge on any atom is 0.240 e. The van der Waals surface area contributed by atoms with Crippen molar-refractivity contribution < 1.29 is 14.3 Å². The second kappa shape index (κ2) is 10.1. The molecule has 0 spiro atoms. The number of aryl methyl sites for hydroxylation is 1. The molecule has 5 heteroatoms. The van der Waals surface area contributed by atoms with Crippen LogP contribution in [0, 0.1) is 24.2 Å². The van der Waals surface area contributed by atoms with E-state index in [9.17, 15) is 14.9 Å². The predicted molar refractivity (Wildman–Crippen MR) is 115 cm³/mol. The fourth-order valence-corrected chi connectivity index (χ4v) is 3.96. The highest BCUT2D eigenvalue weighted by atomic mass is 16.5. The number of likely N-dealkylation sites (tertiary alicyclic amines) is 1. The van der Waals surface area contributed by atoms with Crippen LogP contribution in [-0.2, 0) is 4.79 Å². The van der Waals surface area contributed by atoms with E-state index in [0.29, 0.717) is 24.4 Å². The number of rotatable bonds is 7. The van der Waals surface area contributed by atoms with E-state index >= 15 is 0 Å². The molecule has 156 valence electrons. The van der Waals surface area contributed by atoms with Gasteiger partial charge in [-0.05, 0) is 43.9 Å². The molecule has 1 fully saturated rings. The Morgan fingerprint density at radius 3 is 2.23 bits per heavy atom. The second-order valence-electron chi connectivity index (χ2n) is 7.87. The van der Waals surface area contributed by atoms with E-state index in [-0.39, 0.29) is 18.1 Å². The summed E-state index contributed by atoms with van der Waals surface area (Å²) in [7, 11) is 1.59. The lowest BCUT2D eigenvalue weighted by atomic mass is 9.81. The molecule has 0 aliphatic carbocycles. The van der Waals surface area contributed by atoms with Gasteiger partial charge in [0.25, 0.3) is 0 Å². The highest BCUT2D eigenvalue weighted by Crippen LogP contribution is 2.33. The minimum absolute atomic E-state index is 0.0671. The molecular weight excluding hydrogens is 376 g/mol. The topological polar surface area (TPSA) is 70.4 Å². The Balaban J connectivity index is 1.90. The number of amides is 1. The summed E-state index contributed by atoms with van der Waals surface area (Å²) in [5, 5.41) is 9.95. The van der Waals surface area contributed by atoms with Crippen LogP contribution in [0.4, 0.5) is 0 Å². The Labute approximate surface area is 178 Å². The van der Waals surface area contributed by atoms with Crippen LogP contribution in [0.1, 0.15) is 53.1 Å². The number of ketones is 1. The summed E-state index contributed by atoms with van der Waals surface area (Å²) in [5.74, 6) is -0.953. The van der Waals surface area contributed by atoms with Gasteiger partial charge in [0, 0.05) is 31.0 Å². The Morgan fingerprint density at radius 1 is 1.03 bits per heavy atom. The Morgan fingerprint density at radius 2 is 1.67 bits per heavy atom. The Hall–Kier alpha value is -3.13. The Bertz CT molecular complexity index is 907. The number of Topliss-reactive ketones (excluding diaryl/α,β-unsaturated/α-hetero) is 1.